The molecule has 0 bridgehead atoms. The minimum atomic E-state index is -3.32. The predicted molar refractivity (Wildman–Crippen MR) is 56.5 cm³/mol. The van der Waals surface area contributed by atoms with Crippen LogP contribution in [0.25, 0.3) is 0 Å². The Balaban J connectivity index is 3.11. The molecule has 0 amide bonds. The van der Waals surface area contributed by atoms with Crippen LogP contribution >= 0.6 is 0 Å². The van der Waals surface area contributed by atoms with Crippen LogP contribution in [-0.4, -0.2) is 43.1 Å². The molecule has 0 saturated heterocycles. The van der Waals surface area contributed by atoms with Crippen LogP contribution in [0.5, 0.6) is 0 Å². The van der Waals surface area contributed by atoms with Gasteiger partial charge in [0.25, 0.3) is 0 Å². The second-order valence-electron chi connectivity index (χ2n) is 4.02. The lowest BCUT2D eigenvalue weighted by Crippen LogP contribution is -2.59. The van der Waals surface area contributed by atoms with E-state index in [2.05, 4.69) is 5.32 Å². The zero-order valence-corrected chi connectivity index (χ0v) is 9.80. The first-order chi connectivity index (χ1) is 6.84. The van der Waals surface area contributed by atoms with Crippen LogP contribution in [-0.2, 0) is 14.6 Å². The van der Waals surface area contributed by atoms with Crippen LogP contribution in [0.2, 0.25) is 0 Å². The zero-order valence-electron chi connectivity index (χ0n) is 8.99. The van der Waals surface area contributed by atoms with Gasteiger partial charge < -0.3 is 10.4 Å². The molecule has 6 heteroatoms. The lowest BCUT2D eigenvalue weighted by molar-refractivity contribution is -0.144. The summed E-state index contributed by atoms with van der Waals surface area (Å²) in [4.78, 5) is 11.2. The highest BCUT2D eigenvalue weighted by Gasteiger charge is 2.53. The fraction of sp³-hybridized carbons (Fsp3) is 0.889. The lowest BCUT2D eigenvalue weighted by Gasteiger charge is -2.30. The fourth-order valence-electron chi connectivity index (χ4n) is 2.39. The molecule has 1 rings (SSSR count). The standard InChI is InChI=1S/C9H17NO4S/c1-3-10-9(8(11)12)6-4-5-7(9)15(2,13)14/h7,10H,3-6H2,1-2H3,(H,11,12). The van der Waals surface area contributed by atoms with E-state index in [-0.39, 0.29) is 0 Å². The number of hydrogen-bond acceptors (Lipinski definition) is 4. The maximum absolute atomic E-state index is 11.5. The van der Waals surface area contributed by atoms with Crippen molar-refractivity contribution in [3.05, 3.63) is 0 Å². The summed E-state index contributed by atoms with van der Waals surface area (Å²) >= 11 is 0. The van der Waals surface area contributed by atoms with Gasteiger partial charge in [-0.05, 0) is 25.8 Å². The Hall–Kier alpha value is -0.620. The molecule has 1 saturated carbocycles. The van der Waals surface area contributed by atoms with E-state index in [0.717, 1.165) is 6.26 Å². The van der Waals surface area contributed by atoms with Gasteiger partial charge in [0.15, 0.2) is 9.84 Å². The highest BCUT2D eigenvalue weighted by molar-refractivity contribution is 7.91. The summed E-state index contributed by atoms with van der Waals surface area (Å²) in [6, 6.07) is 0. The van der Waals surface area contributed by atoms with Crippen molar-refractivity contribution in [2.75, 3.05) is 12.8 Å². The van der Waals surface area contributed by atoms with Crippen molar-refractivity contribution in [3.8, 4) is 0 Å². The molecule has 0 radical (unpaired) electrons. The Morgan fingerprint density at radius 2 is 2.20 bits per heavy atom. The summed E-state index contributed by atoms with van der Waals surface area (Å²) in [6.45, 7) is 2.24. The summed E-state index contributed by atoms with van der Waals surface area (Å²) < 4.78 is 23.1. The number of rotatable bonds is 4. The Labute approximate surface area is 89.8 Å². The van der Waals surface area contributed by atoms with E-state index in [9.17, 15) is 18.3 Å². The molecule has 88 valence electrons. The summed E-state index contributed by atoms with van der Waals surface area (Å²) in [5.74, 6) is -1.06. The van der Waals surface area contributed by atoms with Crippen LogP contribution < -0.4 is 5.32 Å². The van der Waals surface area contributed by atoms with Crippen LogP contribution in [0.4, 0.5) is 0 Å². The van der Waals surface area contributed by atoms with Gasteiger partial charge in [-0.1, -0.05) is 6.92 Å². The summed E-state index contributed by atoms with van der Waals surface area (Å²) in [5.41, 5.74) is -1.28. The first-order valence-electron chi connectivity index (χ1n) is 5.02. The predicted octanol–water partition coefficient (Wildman–Crippen LogP) is 0.0164. The molecule has 1 aliphatic rings. The molecule has 1 aliphatic carbocycles. The number of carboxylic acid groups (broad SMARTS) is 1. The highest BCUT2D eigenvalue weighted by Crippen LogP contribution is 2.35. The minimum Gasteiger partial charge on any atom is -0.480 e. The first-order valence-corrected chi connectivity index (χ1v) is 6.97. The minimum absolute atomic E-state index is 0.383. The number of aliphatic carboxylic acids is 1. The third kappa shape index (κ3) is 2.15. The van der Waals surface area contributed by atoms with Gasteiger partial charge in [-0.15, -0.1) is 0 Å². The van der Waals surface area contributed by atoms with Gasteiger partial charge in [0.1, 0.15) is 5.54 Å². The van der Waals surface area contributed by atoms with Crippen molar-refractivity contribution in [3.63, 3.8) is 0 Å². The van der Waals surface area contributed by atoms with Gasteiger partial charge in [-0.2, -0.15) is 0 Å². The van der Waals surface area contributed by atoms with Gasteiger partial charge >= 0.3 is 5.97 Å². The third-order valence-corrected chi connectivity index (χ3v) is 4.65. The monoisotopic (exact) mass is 235 g/mol. The van der Waals surface area contributed by atoms with E-state index in [4.69, 9.17) is 0 Å². The number of sulfone groups is 1. The van der Waals surface area contributed by atoms with E-state index in [1.54, 1.807) is 6.92 Å². The maximum Gasteiger partial charge on any atom is 0.325 e. The van der Waals surface area contributed by atoms with Gasteiger partial charge in [-0.25, -0.2) is 8.42 Å². The maximum atomic E-state index is 11.5. The average molecular weight is 235 g/mol. The number of nitrogens with one attached hydrogen (secondary N) is 1. The quantitative estimate of drug-likeness (QED) is 0.717. The Bertz CT molecular complexity index is 351. The van der Waals surface area contributed by atoms with Crippen molar-refractivity contribution >= 4 is 15.8 Å². The zero-order chi connectivity index (χ0) is 11.7. The summed E-state index contributed by atoms with van der Waals surface area (Å²) in [7, 11) is -3.32. The smallest absolute Gasteiger partial charge is 0.325 e. The van der Waals surface area contributed by atoms with Crippen molar-refractivity contribution in [2.45, 2.75) is 37.0 Å². The van der Waals surface area contributed by atoms with E-state index < -0.39 is 26.6 Å². The number of carboxylic acids is 1. The van der Waals surface area contributed by atoms with Gasteiger partial charge in [0.2, 0.25) is 0 Å². The van der Waals surface area contributed by atoms with E-state index in [0.29, 0.717) is 25.8 Å². The molecule has 0 aromatic heterocycles. The Morgan fingerprint density at radius 3 is 2.60 bits per heavy atom. The molecule has 2 atom stereocenters. The first kappa shape index (κ1) is 12.4. The van der Waals surface area contributed by atoms with E-state index in [1.807, 2.05) is 0 Å². The van der Waals surface area contributed by atoms with Crippen molar-refractivity contribution in [1.82, 2.24) is 5.32 Å². The highest BCUT2D eigenvalue weighted by atomic mass is 32.2. The topological polar surface area (TPSA) is 83.5 Å². The molecule has 0 aromatic carbocycles. The second-order valence-corrected chi connectivity index (χ2v) is 6.25. The normalized spacial score (nSPS) is 31.7. The van der Waals surface area contributed by atoms with Crippen LogP contribution in [0, 0.1) is 0 Å². The molecular formula is C9H17NO4S. The summed E-state index contributed by atoms with van der Waals surface area (Å²) in [6.07, 6.45) is 2.56. The molecule has 5 nitrogen and oxygen atoms in total. The molecule has 0 aliphatic heterocycles. The molecule has 2 N–H and O–H groups in total. The van der Waals surface area contributed by atoms with Crippen LogP contribution in [0.15, 0.2) is 0 Å². The number of likely N-dealkylation sites (N-methyl/N-ethyl adjacent to an activating group) is 1. The van der Waals surface area contributed by atoms with Crippen molar-refractivity contribution in [2.24, 2.45) is 0 Å². The van der Waals surface area contributed by atoms with Crippen LogP contribution in [0.3, 0.4) is 0 Å². The van der Waals surface area contributed by atoms with E-state index >= 15 is 0 Å². The second kappa shape index (κ2) is 4.09. The number of hydrogen-bond donors (Lipinski definition) is 2. The molecule has 0 aromatic rings. The van der Waals surface area contributed by atoms with Crippen molar-refractivity contribution < 1.29 is 18.3 Å². The Morgan fingerprint density at radius 1 is 1.60 bits per heavy atom. The number of carbonyl (C=O) groups is 1. The average Bonchev–Trinajstić information content (AvgIpc) is 2.49. The van der Waals surface area contributed by atoms with E-state index in [1.165, 1.54) is 0 Å². The van der Waals surface area contributed by atoms with Gasteiger partial charge in [0.05, 0.1) is 5.25 Å². The molecule has 2 unspecified atom stereocenters. The molecule has 0 heterocycles. The largest absolute Gasteiger partial charge is 0.480 e. The molecule has 1 fully saturated rings. The summed E-state index contributed by atoms with van der Waals surface area (Å²) in [5, 5.41) is 11.2. The molecule has 15 heavy (non-hydrogen) atoms. The lowest BCUT2D eigenvalue weighted by atomic mass is 9.97. The molecule has 0 spiro atoms. The van der Waals surface area contributed by atoms with Gasteiger partial charge in [-0.3, -0.25) is 4.79 Å². The van der Waals surface area contributed by atoms with Crippen LogP contribution in [0.1, 0.15) is 26.2 Å². The molecular weight excluding hydrogens is 218 g/mol. The van der Waals surface area contributed by atoms with Gasteiger partial charge in [0, 0.05) is 6.26 Å². The fourth-order valence-corrected chi connectivity index (χ4v) is 4.02. The SMILES string of the molecule is CCNC1(C(=O)O)CCCC1S(C)(=O)=O. The van der Waals surface area contributed by atoms with Crippen molar-refractivity contribution in [1.29, 1.82) is 0 Å². The Kier molecular flexibility index (Phi) is 3.40. The third-order valence-electron chi connectivity index (χ3n) is 2.98.